The van der Waals surface area contributed by atoms with E-state index in [-0.39, 0.29) is 0 Å². The maximum absolute atomic E-state index is 11.5. The fourth-order valence-corrected chi connectivity index (χ4v) is 6.15. The van der Waals surface area contributed by atoms with Crippen LogP contribution in [0.3, 0.4) is 0 Å². The number of rotatable bonds is 7. The van der Waals surface area contributed by atoms with Gasteiger partial charge in [-0.05, 0) is 0 Å². The molecular formula is C16H28N2O10S2. The Bertz CT molecular complexity index is 552. The van der Waals surface area contributed by atoms with Crippen LogP contribution in [0.25, 0.3) is 0 Å². The van der Waals surface area contributed by atoms with Crippen molar-refractivity contribution in [3.63, 3.8) is 0 Å². The van der Waals surface area contributed by atoms with E-state index in [2.05, 4.69) is 10.6 Å². The topological polar surface area (TPSA) is 198 Å². The Balaban J connectivity index is 2.16. The van der Waals surface area contributed by atoms with Crippen LogP contribution >= 0.6 is 21.6 Å². The first-order valence-electron chi connectivity index (χ1n) is 9.21. The van der Waals surface area contributed by atoms with Gasteiger partial charge in [0.05, 0.1) is 25.3 Å². The summed E-state index contributed by atoms with van der Waals surface area (Å²) in [5.74, 6) is -0.950. The SMILES string of the molecule is CC(=O)N[C@@H]1[C@@H](O)[C@H](O)[C@@H](CO)O[C@H]1SS[C@@H]1O[C@H](CO)[C@@H](O)[C@H](O)[C@H]1NC(C)=O. The number of hydrogen-bond acceptors (Lipinski definition) is 12. The molecule has 30 heavy (non-hydrogen) atoms. The van der Waals surface area contributed by atoms with E-state index in [1.165, 1.54) is 13.8 Å². The molecule has 2 fully saturated rings. The van der Waals surface area contributed by atoms with E-state index in [1.807, 2.05) is 0 Å². The quantitative estimate of drug-likeness (QED) is 0.169. The second kappa shape index (κ2) is 11.3. The standard InChI is InChI=1S/C16H28N2O10S2/c1-5(21)17-9-13(25)11(23)7(3-19)27-15(9)29-30-16-10(18-6(2)22)14(26)12(24)8(4-20)28-16/h7-16,19-20,23-26H,3-4H2,1-2H3,(H,17,21)(H,18,22)/t7-,8-,9-,10-,11-,12-,13-,14-,15+,16+/m1/s1. The van der Waals surface area contributed by atoms with Crippen LogP contribution < -0.4 is 10.6 Å². The van der Waals surface area contributed by atoms with Gasteiger partial charge in [-0.25, -0.2) is 0 Å². The molecule has 174 valence electrons. The molecular weight excluding hydrogens is 444 g/mol. The van der Waals surface area contributed by atoms with Crippen LogP contribution in [0.15, 0.2) is 0 Å². The molecule has 2 aliphatic heterocycles. The molecule has 2 amide bonds. The molecule has 10 atom stereocenters. The first kappa shape index (κ1) is 25.6. The van der Waals surface area contributed by atoms with E-state index in [1.54, 1.807) is 0 Å². The maximum Gasteiger partial charge on any atom is 0.217 e. The molecule has 0 radical (unpaired) electrons. The van der Waals surface area contributed by atoms with Crippen LogP contribution in [0.1, 0.15) is 13.8 Å². The highest BCUT2D eigenvalue weighted by molar-refractivity contribution is 8.77. The van der Waals surface area contributed by atoms with Crippen LogP contribution in [0, 0.1) is 0 Å². The highest BCUT2D eigenvalue weighted by Gasteiger charge is 2.48. The second-order valence-corrected chi connectivity index (χ2v) is 9.53. The summed E-state index contributed by atoms with van der Waals surface area (Å²) in [6.07, 6.45) is -7.90. The van der Waals surface area contributed by atoms with Crippen LogP contribution in [-0.2, 0) is 19.1 Å². The van der Waals surface area contributed by atoms with Crippen molar-refractivity contribution in [2.24, 2.45) is 0 Å². The van der Waals surface area contributed by atoms with Gasteiger partial charge in [0.1, 0.15) is 47.5 Å². The third kappa shape index (κ3) is 5.97. The highest BCUT2D eigenvalue weighted by atomic mass is 33.1. The van der Waals surface area contributed by atoms with Crippen molar-refractivity contribution in [3.8, 4) is 0 Å². The van der Waals surface area contributed by atoms with Crippen molar-refractivity contribution in [2.45, 2.75) is 73.4 Å². The van der Waals surface area contributed by atoms with E-state index in [0.717, 1.165) is 21.6 Å². The van der Waals surface area contributed by atoms with Gasteiger partial charge in [0, 0.05) is 13.8 Å². The second-order valence-electron chi connectivity index (χ2n) is 7.06. The Kier molecular flexibility index (Phi) is 9.60. The van der Waals surface area contributed by atoms with E-state index in [4.69, 9.17) is 9.47 Å². The summed E-state index contributed by atoms with van der Waals surface area (Å²) in [6.45, 7) is 1.32. The first-order chi connectivity index (χ1) is 14.1. The van der Waals surface area contributed by atoms with Crippen molar-refractivity contribution in [2.75, 3.05) is 13.2 Å². The third-order valence-corrected chi connectivity index (χ3v) is 7.52. The van der Waals surface area contributed by atoms with Crippen LogP contribution in [-0.4, -0.2) is 115 Å². The number of nitrogens with one attached hydrogen (secondary N) is 2. The van der Waals surface area contributed by atoms with Gasteiger partial charge in [-0.15, -0.1) is 0 Å². The minimum Gasteiger partial charge on any atom is -0.394 e. The molecule has 0 bridgehead atoms. The molecule has 0 aliphatic carbocycles. The van der Waals surface area contributed by atoms with Gasteiger partial charge < -0.3 is 50.7 Å². The molecule has 0 aromatic rings. The monoisotopic (exact) mass is 472 g/mol. The lowest BCUT2D eigenvalue weighted by Gasteiger charge is -2.44. The number of carbonyl (C=O) groups is 2. The van der Waals surface area contributed by atoms with Crippen LogP contribution in [0.4, 0.5) is 0 Å². The van der Waals surface area contributed by atoms with Crippen molar-refractivity contribution in [1.82, 2.24) is 10.6 Å². The van der Waals surface area contributed by atoms with Crippen molar-refractivity contribution < 1.29 is 49.7 Å². The number of ether oxygens (including phenoxy) is 2. The lowest BCUT2D eigenvalue weighted by atomic mass is 9.98. The summed E-state index contributed by atoms with van der Waals surface area (Å²) < 4.78 is 11.2. The predicted octanol–water partition coefficient (Wildman–Crippen LogP) is -3.74. The van der Waals surface area contributed by atoms with Crippen LogP contribution in [0.5, 0.6) is 0 Å². The largest absolute Gasteiger partial charge is 0.394 e. The molecule has 14 heteroatoms. The number of carbonyl (C=O) groups excluding carboxylic acids is 2. The molecule has 0 aromatic carbocycles. The van der Waals surface area contributed by atoms with E-state index in [0.29, 0.717) is 0 Å². The van der Waals surface area contributed by atoms with Crippen molar-refractivity contribution in [1.29, 1.82) is 0 Å². The van der Waals surface area contributed by atoms with Gasteiger partial charge in [0.2, 0.25) is 11.8 Å². The Hall–Kier alpha value is -0.680. The van der Waals surface area contributed by atoms with Gasteiger partial charge in [-0.2, -0.15) is 0 Å². The zero-order valence-corrected chi connectivity index (χ0v) is 18.0. The summed E-state index contributed by atoms with van der Waals surface area (Å²) in [6, 6.07) is -2.05. The van der Waals surface area contributed by atoms with Crippen LogP contribution in [0.2, 0.25) is 0 Å². The highest BCUT2D eigenvalue weighted by Crippen LogP contribution is 2.41. The summed E-state index contributed by atoms with van der Waals surface area (Å²) in [5.41, 5.74) is -1.87. The average Bonchev–Trinajstić information content (AvgIpc) is 2.69. The molecule has 8 N–H and O–H groups in total. The fraction of sp³-hybridized carbons (Fsp3) is 0.875. The Morgan fingerprint density at radius 3 is 1.33 bits per heavy atom. The molecule has 0 aromatic heterocycles. The molecule has 0 unspecified atom stereocenters. The molecule has 2 saturated heterocycles. The molecule has 2 heterocycles. The third-order valence-electron chi connectivity index (χ3n) is 4.75. The number of amides is 2. The lowest BCUT2D eigenvalue weighted by Crippen LogP contribution is -2.64. The average molecular weight is 473 g/mol. The molecule has 0 spiro atoms. The lowest BCUT2D eigenvalue weighted by molar-refractivity contribution is -0.174. The van der Waals surface area contributed by atoms with E-state index in [9.17, 15) is 40.2 Å². The Morgan fingerprint density at radius 1 is 0.733 bits per heavy atom. The summed E-state index contributed by atoms with van der Waals surface area (Å²) in [7, 11) is 1.94. The first-order valence-corrected chi connectivity index (χ1v) is 11.5. The van der Waals surface area contributed by atoms with Gasteiger partial charge in [0.15, 0.2) is 0 Å². The summed E-state index contributed by atoms with van der Waals surface area (Å²) in [5, 5.41) is 64.6. The van der Waals surface area contributed by atoms with Crippen molar-refractivity contribution >= 4 is 33.4 Å². The number of aliphatic hydroxyl groups is 6. The zero-order chi connectivity index (χ0) is 22.6. The molecule has 0 saturated carbocycles. The zero-order valence-electron chi connectivity index (χ0n) is 16.3. The molecule has 2 rings (SSSR count). The molecule has 2 aliphatic rings. The van der Waals surface area contributed by atoms with Gasteiger partial charge in [0.25, 0.3) is 0 Å². The van der Waals surface area contributed by atoms with Crippen molar-refractivity contribution in [3.05, 3.63) is 0 Å². The fourth-order valence-electron chi connectivity index (χ4n) is 3.21. The molecule has 12 nitrogen and oxygen atoms in total. The van der Waals surface area contributed by atoms with Gasteiger partial charge >= 0.3 is 0 Å². The van der Waals surface area contributed by atoms with Gasteiger partial charge in [-0.3, -0.25) is 9.59 Å². The Labute approximate surface area is 180 Å². The smallest absolute Gasteiger partial charge is 0.217 e. The number of hydrogen-bond donors (Lipinski definition) is 8. The maximum atomic E-state index is 11.5. The predicted molar refractivity (Wildman–Crippen MR) is 106 cm³/mol. The number of aliphatic hydroxyl groups excluding tert-OH is 6. The minimum absolute atomic E-state index is 0.475. The summed E-state index contributed by atoms with van der Waals surface area (Å²) in [4.78, 5) is 23.0. The van der Waals surface area contributed by atoms with Gasteiger partial charge in [-0.1, -0.05) is 21.6 Å². The normalized spacial score (nSPS) is 41.9. The summed E-state index contributed by atoms with van der Waals surface area (Å²) >= 11 is 0. The van der Waals surface area contributed by atoms with E-state index >= 15 is 0 Å². The van der Waals surface area contributed by atoms with E-state index < -0.39 is 84.6 Å². The Morgan fingerprint density at radius 2 is 1.07 bits per heavy atom. The minimum atomic E-state index is -1.43.